The molecule has 1 heterocycles. The SMILES string of the molecule is CC(Oc1ccc2ccccc2c1)C(=O)NC1CCN(C)CC1. The van der Waals surface area contributed by atoms with Gasteiger partial charge < -0.3 is 15.0 Å². The Kier molecular flexibility index (Phi) is 4.82. The van der Waals surface area contributed by atoms with E-state index in [0.29, 0.717) is 0 Å². The van der Waals surface area contributed by atoms with Crippen LogP contribution in [0.3, 0.4) is 0 Å². The third-order valence-electron chi connectivity index (χ3n) is 4.47. The number of piperidine rings is 1. The zero-order chi connectivity index (χ0) is 16.2. The van der Waals surface area contributed by atoms with Crippen molar-refractivity contribution in [3.63, 3.8) is 0 Å². The summed E-state index contributed by atoms with van der Waals surface area (Å²) in [7, 11) is 2.11. The molecule has 2 aromatic rings. The van der Waals surface area contributed by atoms with Crippen molar-refractivity contribution in [1.29, 1.82) is 0 Å². The molecule has 0 bridgehead atoms. The lowest BCUT2D eigenvalue weighted by molar-refractivity contribution is -0.128. The monoisotopic (exact) mass is 312 g/mol. The highest BCUT2D eigenvalue weighted by atomic mass is 16.5. The van der Waals surface area contributed by atoms with Crippen LogP contribution >= 0.6 is 0 Å². The summed E-state index contributed by atoms with van der Waals surface area (Å²) >= 11 is 0. The summed E-state index contributed by atoms with van der Waals surface area (Å²) in [5.74, 6) is 0.697. The number of nitrogens with zero attached hydrogens (tertiary/aromatic N) is 1. The van der Waals surface area contributed by atoms with E-state index in [2.05, 4.69) is 23.3 Å². The van der Waals surface area contributed by atoms with Crippen molar-refractivity contribution in [3.05, 3.63) is 42.5 Å². The molecular weight excluding hydrogens is 288 g/mol. The molecule has 1 aliphatic heterocycles. The lowest BCUT2D eigenvalue weighted by atomic mass is 10.1. The second kappa shape index (κ2) is 7.01. The van der Waals surface area contributed by atoms with E-state index < -0.39 is 6.10 Å². The number of rotatable bonds is 4. The first-order valence-electron chi connectivity index (χ1n) is 8.26. The zero-order valence-electron chi connectivity index (χ0n) is 13.8. The fourth-order valence-corrected chi connectivity index (χ4v) is 2.97. The molecular formula is C19H24N2O2. The Labute approximate surface area is 137 Å². The van der Waals surface area contributed by atoms with Crippen LogP contribution in [0.2, 0.25) is 0 Å². The highest BCUT2D eigenvalue weighted by Crippen LogP contribution is 2.21. The molecule has 122 valence electrons. The number of nitrogens with one attached hydrogen (secondary N) is 1. The number of hydrogen-bond donors (Lipinski definition) is 1. The van der Waals surface area contributed by atoms with Crippen LogP contribution < -0.4 is 10.1 Å². The molecule has 1 aliphatic rings. The van der Waals surface area contributed by atoms with Crippen molar-refractivity contribution >= 4 is 16.7 Å². The van der Waals surface area contributed by atoms with E-state index in [0.717, 1.165) is 37.1 Å². The summed E-state index contributed by atoms with van der Waals surface area (Å²) in [5.41, 5.74) is 0. The number of hydrogen-bond acceptors (Lipinski definition) is 3. The Morgan fingerprint density at radius 3 is 2.61 bits per heavy atom. The highest BCUT2D eigenvalue weighted by Gasteiger charge is 2.22. The quantitative estimate of drug-likeness (QED) is 0.944. The number of amides is 1. The fourth-order valence-electron chi connectivity index (χ4n) is 2.97. The molecule has 0 spiro atoms. The van der Waals surface area contributed by atoms with Crippen molar-refractivity contribution in [2.45, 2.75) is 31.9 Å². The molecule has 2 aromatic carbocycles. The van der Waals surface area contributed by atoms with Gasteiger partial charge in [-0.15, -0.1) is 0 Å². The van der Waals surface area contributed by atoms with Crippen LogP contribution in [-0.4, -0.2) is 43.1 Å². The number of carbonyl (C=O) groups excluding carboxylic acids is 1. The molecule has 23 heavy (non-hydrogen) atoms. The number of ether oxygens (including phenoxy) is 1. The van der Waals surface area contributed by atoms with Crippen molar-refractivity contribution in [2.75, 3.05) is 20.1 Å². The molecule has 0 aliphatic carbocycles. The fraction of sp³-hybridized carbons (Fsp3) is 0.421. The van der Waals surface area contributed by atoms with E-state index in [1.807, 2.05) is 36.4 Å². The first kappa shape index (κ1) is 15.8. The van der Waals surface area contributed by atoms with E-state index in [1.165, 1.54) is 5.39 Å². The average molecular weight is 312 g/mol. The average Bonchev–Trinajstić information content (AvgIpc) is 2.56. The number of likely N-dealkylation sites (tertiary alicyclic amines) is 1. The molecule has 1 N–H and O–H groups in total. The second-order valence-electron chi connectivity index (χ2n) is 6.36. The molecule has 4 nitrogen and oxygen atoms in total. The number of carbonyl (C=O) groups is 1. The topological polar surface area (TPSA) is 41.6 Å². The van der Waals surface area contributed by atoms with Crippen molar-refractivity contribution in [2.24, 2.45) is 0 Å². The first-order valence-corrected chi connectivity index (χ1v) is 8.26. The minimum absolute atomic E-state index is 0.0345. The van der Waals surface area contributed by atoms with Gasteiger partial charge in [-0.05, 0) is 62.8 Å². The van der Waals surface area contributed by atoms with Crippen LogP contribution in [0.5, 0.6) is 5.75 Å². The van der Waals surface area contributed by atoms with Crippen LogP contribution in [-0.2, 0) is 4.79 Å². The smallest absolute Gasteiger partial charge is 0.260 e. The summed E-state index contributed by atoms with van der Waals surface area (Å²) in [4.78, 5) is 14.6. The van der Waals surface area contributed by atoms with Gasteiger partial charge >= 0.3 is 0 Å². The van der Waals surface area contributed by atoms with Gasteiger partial charge in [-0.2, -0.15) is 0 Å². The molecule has 1 atom stereocenters. The van der Waals surface area contributed by atoms with E-state index >= 15 is 0 Å². The van der Waals surface area contributed by atoms with Gasteiger partial charge in [0, 0.05) is 6.04 Å². The van der Waals surface area contributed by atoms with E-state index in [4.69, 9.17) is 4.74 Å². The second-order valence-corrected chi connectivity index (χ2v) is 6.36. The van der Waals surface area contributed by atoms with Gasteiger partial charge in [0.1, 0.15) is 5.75 Å². The van der Waals surface area contributed by atoms with Gasteiger partial charge in [0.2, 0.25) is 0 Å². The number of benzene rings is 2. The summed E-state index contributed by atoms with van der Waals surface area (Å²) in [5, 5.41) is 5.39. The molecule has 1 unspecified atom stereocenters. The summed E-state index contributed by atoms with van der Waals surface area (Å²) < 4.78 is 5.82. The highest BCUT2D eigenvalue weighted by molar-refractivity contribution is 5.84. The maximum atomic E-state index is 12.3. The van der Waals surface area contributed by atoms with Gasteiger partial charge in [0.15, 0.2) is 6.10 Å². The van der Waals surface area contributed by atoms with Gasteiger partial charge in [-0.3, -0.25) is 4.79 Å². The molecule has 3 rings (SSSR count). The lowest BCUT2D eigenvalue weighted by Crippen LogP contribution is -2.47. The molecule has 1 fully saturated rings. The van der Waals surface area contributed by atoms with Gasteiger partial charge in [0.05, 0.1) is 0 Å². The van der Waals surface area contributed by atoms with E-state index in [9.17, 15) is 4.79 Å². The maximum Gasteiger partial charge on any atom is 0.260 e. The minimum atomic E-state index is -0.490. The van der Waals surface area contributed by atoms with Crippen molar-refractivity contribution in [1.82, 2.24) is 10.2 Å². The maximum absolute atomic E-state index is 12.3. The summed E-state index contributed by atoms with van der Waals surface area (Å²) in [6, 6.07) is 14.3. The Balaban J connectivity index is 1.58. The van der Waals surface area contributed by atoms with E-state index in [1.54, 1.807) is 6.92 Å². The minimum Gasteiger partial charge on any atom is -0.481 e. The van der Waals surface area contributed by atoms with E-state index in [-0.39, 0.29) is 11.9 Å². The largest absolute Gasteiger partial charge is 0.481 e. The lowest BCUT2D eigenvalue weighted by Gasteiger charge is -2.30. The Bertz CT molecular complexity index is 678. The third-order valence-corrected chi connectivity index (χ3v) is 4.47. The summed E-state index contributed by atoms with van der Waals surface area (Å²) in [6.07, 6.45) is 1.52. The Hall–Kier alpha value is -2.07. The van der Waals surface area contributed by atoms with Crippen LogP contribution in [0.25, 0.3) is 10.8 Å². The normalized spacial score (nSPS) is 17.8. The molecule has 0 saturated carbocycles. The first-order chi connectivity index (χ1) is 11.1. The van der Waals surface area contributed by atoms with Gasteiger partial charge in [0.25, 0.3) is 5.91 Å². The predicted octanol–water partition coefficient (Wildman–Crippen LogP) is 2.82. The van der Waals surface area contributed by atoms with Crippen LogP contribution in [0, 0.1) is 0 Å². The Morgan fingerprint density at radius 2 is 1.87 bits per heavy atom. The molecule has 1 saturated heterocycles. The van der Waals surface area contributed by atoms with Crippen molar-refractivity contribution < 1.29 is 9.53 Å². The Morgan fingerprint density at radius 1 is 1.17 bits per heavy atom. The van der Waals surface area contributed by atoms with Gasteiger partial charge in [-0.1, -0.05) is 30.3 Å². The standard InChI is InChI=1S/C19H24N2O2/c1-14(19(22)20-17-9-11-21(2)12-10-17)23-18-8-7-15-5-3-4-6-16(15)13-18/h3-8,13-14,17H,9-12H2,1-2H3,(H,20,22). The molecule has 0 radical (unpaired) electrons. The predicted molar refractivity (Wildman–Crippen MR) is 92.7 cm³/mol. The molecule has 0 aromatic heterocycles. The van der Waals surface area contributed by atoms with Crippen LogP contribution in [0.15, 0.2) is 42.5 Å². The molecule has 4 heteroatoms. The number of fused-ring (bicyclic) bond motifs is 1. The summed E-state index contributed by atoms with van der Waals surface area (Å²) in [6.45, 7) is 3.87. The zero-order valence-corrected chi connectivity index (χ0v) is 13.8. The van der Waals surface area contributed by atoms with Crippen molar-refractivity contribution in [3.8, 4) is 5.75 Å². The molecule has 1 amide bonds. The third kappa shape index (κ3) is 4.02. The van der Waals surface area contributed by atoms with Crippen LogP contribution in [0.1, 0.15) is 19.8 Å². The van der Waals surface area contributed by atoms with Crippen LogP contribution in [0.4, 0.5) is 0 Å². The van der Waals surface area contributed by atoms with Gasteiger partial charge in [-0.25, -0.2) is 0 Å².